The number of carboxylic acid groups (broad SMARTS) is 1. The van der Waals surface area contributed by atoms with Crippen molar-refractivity contribution in [1.82, 2.24) is 5.32 Å². The van der Waals surface area contributed by atoms with Gasteiger partial charge in [-0.2, -0.15) is 4.39 Å². The second-order valence-corrected chi connectivity index (χ2v) is 4.04. The molecule has 0 fully saturated rings. The monoisotopic (exact) mass is 291 g/mol. The van der Waals surface area contributed by atoms with Crippen molar-refractivity contribution in [3.05, 3.63) is 29.1 Å². The second-order valence-electron chi connectivity index (χ2n) is 4.04. The molecule has 0 saturated carbocycles. The molecule has 0 unspecified atom stereocenters. The smallest absolute Gasteiger partial charge is 0.326 e. The maximum atomic E-state index is 13.5. The minimum Gasteiger partial charge on any atom is -0.503 e. The highest BCUT2D eigenvalue weighted by molar-refractivity contribution is 5.97. The Morgan fingerprint density at radius 1 is 1.30 bits per heavy atom. The molecule has 0 aliphatic heterocycles. The summed E-state index contributed by atoms with van der Waals surface area (Å²) >= 11 is 0. The van der Waals surface area contributed by atoms with E-state index in [9.17, 15) is 22.8 Å². The van der Waals surface area contributed by atoms with Crippen LogP contribution in [0.25, 0.3) is 0 Å². The summed E-state index contributed by atoms with van der Waals surface area (Å²) in [6.45, 7) is 1.67. The third kappa shape index (κ3) is 3.19. The molecule has 0 aliphatic rings. The topological polar surface area (TPSA) is 86.6 Å². The van der Waals surface area contributed by atoms with Gasteiger partial charge < -0.3 is 15.5 Å². The highest BCUT2D eigenvalue weighted by atomic mass is 19.2. The minimum atomic E-state index is -1.82. The Labute approximate surface area is 112 Å². The summed E-state index contributed by atoms with van der Waals surface area (Å²) in [5, 5.41) is 19.8. The lowest BCUT2D eigenvalue weighted by molar-refractivity contribution is -0.139. The van der Waals surface area contributed by atoms with Crippen LogP contribution in [-0.4, -0.2) is 28.1 Å². The zero-order valence-electron chi connectivity index (χ0n) is 10.4. The van der Waals surface area contributed by atoms with Crippen LogP contribution >= 0.6 is 0 Å². The first-order valence-electron chi connectivity index (χ1n) is 5.69. The van der Waals surface area contributed by atoms with Crippen LogP contribution in [0.1, 0.15) is 30.1 Å². The van der Waals surface area contributed by atoms with E-state index >= 15 is 0 Å². The molecule has 0 bridgehead atoms. The van der Waals surface area contributed by atoms with Crippen LogP contribution in [0.15, 0.2) is 6.07 Å². The molecule has 1 atom stereocenters. The van der Waals surface area contributed by atoms with Crippen molar-refractivity contribution < 1.29 is 33.0 Å². The highest BCUT2D eigenvalue weighted by Gasteiger charge is 2.25. The van der Waals surface area contributed by atoms with Gasteiger partial charge in [0.2, 0.25) is 5.82 Å². The lowest BCUT2D eigenvalue weighted by Crippen LogP contribution is -2.41. The standard InChI is InChI=1S/C12H12F3NO4/c1-2-3-7(12(19)20)16-11(18)5-4-6(13)9(15)10(17)8(5)14/h4,7,17H,2-3H2,1H3,(H,16,18)(H,19,20)/t7-/m0/s1. The number of aliphatic carboxylic acids is 1. The van der Waals surface area contributed by atoms with Crippen molar-refractivity contribution in [3.8, 4) is 5.75 Å². The maximum Gasteiger partial charge on any atom is 0.326 e. The van der Waals surface area contributed by atoms with Crippen LogP contribution in [0.2, 0.25) is 0 Å². The van der Waals surface area contributed by atoms with Gasteiger partial charge in [0.25, 0.3) is 5.91 Å². The maximum absolute atomic E-state index is 13.5. The lowest BCUT2D eigenvalue weighted by Gasteiger charge is -2.14. The molecule has 0 aliphatic carbocycles. The molecule has 0 heterocycles. The van der Waals surface area contributed by atoms with E-state index in [0.29, 0.717) is 6.42 Å². The summed E-state index contributed by atoms with van der Waals surface area (Å²) in [6, 6.07) is -1.04. The van der Waals surface area contributed by atoms with Crippen molar-refractivity contribution in [2.75, 3.05) is 0 Å². The molecule has 0 saturated heterocycles. The number of nitrogens with one attached hydrogen (secondary N) is 1. The normalized spacial score (nSPS) is 12.0. The van der Waals surface area contributed by atoms with E-state index < -0.39 is 46.7 Å². The number of aromatic hydroxyl groups is 1. The number of hydrogen-bond acceptors (Lipinski definition) is 3. The predicted molar refractivity (Wildman–Crippen MR) is 61.8 cm³/mol. The van der Waals surface area contributed by atoms with Gasteiger partial charge in [-0.25, -0.2) is 13.6 Å². The number of hydrogen-bond donors (Lipinski definition) is 3. The van der Waals surface area contributed by atoms with E-state index in [1.54, 1.807) is 6.92 Å². The van der Waals surface area contributed by atoms with Gasteiger partial charge in [0.15, 0.2) is 17.4 Å². The van der Waals surface area contributed by atoms with Gasteiger partial charge >= 0.3 is 5.97 Å². The molecule has 1 aromatic carbocycles. The number of phenolic OH excluding ortho intramolecular Hbond substituents is 1. The minimum absolute atomic E-state index is 0.0817. The van der Waals surface area contributed by atoms with E-state index in [1.165, 1.54) is 0 Å². The van der Waals surface area contributed by atoms with Crippen molar-refractivity contribution >= 4 is 11.9 Å². The highest BCUT2D eigenvalue weighted by Crippen LogP contribution is 2.25. The van der Waals surface area contributed by atoms with E-state index in [4.69, 9.17) is 10.2 Å². The van der Waals surface area contributed by atoms with E-state index in [-0.39, 0.29) is 12.5 Å². The Morgan fingerprint density at radius 2 is 1.90 bits per heavy atom. The van der Waals surface area contributed by atoms with Crippen molar-refractivity contribution in [1.29, 1.82) is 0 Å². The number of halogens is 3. The number of benzene rings is 1. The molecule has 1 rings (SSSR count). The van der Waals surface area contributed by atoms with Crippen LogP contribution in [0.4, 0.5) is 13.2 Å². The van der Waals surface area contributed by atoms with E-state index in [2.05, 4.69) is 0 Å². The summed E-state index contributed by atoms with van der Waals surface area (Å²) in [5.41, 5.74) is -0.969. The summed E-state index contributed by atoms with van der Waals surface area (Å²) in [7, 11) is 0. The first kappa shape index (κ1) is 15.8. The Morgan fingerprint density at radius 3 is 2.40 bits per heavy atom. The SMILES string of the molecule is CCC[C@H](NC(=O)c1cc(F)c(F)c(O)c1F)C(=O)O. The number of carboxylic acids is 1. The molecule has 5 nitrogen and oxygen atoms in total. The molecule has 1 aromatic rings. The van der Waals surface area contributed by atoms with Crippen LogP contribution < -0.4 is 5.32 Å². The summed E-state index contributed by atoms with van der Waals surface area (Å²) in [6.07, 6.45) is 0.515. The molecule has 0 spiro atoms. The number of amides is 1. The zero-order valence-corrected chi connectivity index (χ0v) is 10.4. The van der Waals surface area contributed by atoms with Gasteiger partial charge in [-0.1, -0.05) is 13.3 Å². The Bertz CT molecular complexity index is 548. The van der Waals surface area contributed by atoms with Crippen LogP contribution in [0.5, 0.6) is 5.75 Å². The molecule has 8 heteroatoms. The number of carbonyl (C=O) groups excluding carboxylic acids is 1. The van der Waals surface area contributed by atoms with Crippen molar-refractivity contribution in [2.24, 2.45) is 0 Å². The van der Waals surface area contributed by atoms with Crippen molar-refractivity contribution in [3.63, 3.8) is 0 Å². The summed E-state index contributed by atoms with van der Waals surface area (Å²) in [5.74, 6) is -9.30. The third-order valence-corrected chi connectivity index (χ3v) is 2.56. The van der Waals surface area contributed by atoms with Crippen LogP contribution in [0, 0.1) is 17.5 Å². The Hall–Kier alpha value is -2.25. The average molecular weight is 291 g/mol. The molecule has 110 valence electrons. The lowest BCUT2D eigenvalue weighted by atomic mass is 10.1. The first-order chi connectivity index (χ1) is 9.29. The second kappa shape index (κ2) is 6.27. The zero-order chi connectivity index (χ0) is 15.4. The number of rotatable bonds is 5. The fraction of sp³-hybridized carbons (Fsp3) is 0.333. The van der Waals surface area contributed by atoms with Crippen LogP contribution in [0.3, 0.4) is 0 Å². The number of phenols is 1. The third-order valence-electron chi connectivity index (χ3n) is 2.56. The van der Waals surface area contributed by atoms with E-state index in [0.717, 1.165) is 0 Å². The van der Waals surface area contributed by atoms with Crippen LogP contribution in [-0.2, 0) is 4.79 Å². The predicted octanol–water partition coefficient (Wildman–Crippen LogP) is 1.79. The molecule has 1 amide bonds. The molecule has 0 radical (unpaired) electrons. The first-order valence-corrected chi connectivity index (χ1v) is 5.69. The van der Waals surface area contributed by atoms with E-state index in [1.807, 2.05) is 5.32 Å². The molecule has 3 N–H and O–H groups in total. The largest absolute Gasteiger partial charge is 0.503 e. The summed E-state index contributed by atoms with van der Waals surface area (Å²) < 4.78 is 39.3. The quantitative estimate of drug-likeness (QED) is 0.722. The van der Waals surface area contributed by atoms with Crippen molar-refractivity contribution in [2.45, 2.75) is 25.8 Å². The fourth-order valence-electron chi connectivity index (χ4n) is 1.54. The Balaban J connectivity index is 3.07. The van der Waals surface area contributed by atoms with Gasteiger partial charge in [0.1, 0.15) is 6.04 Å². The molecular weight excluding hydrogens is 279 g/mol. The molecule has 20 heavy (non-hydrogen) atoms. The molecule has 0 aromatic heterocycles. The van der Waals surface area contributed by atoms with Gasteiger partial charge in [0.05, 0.1) is 5.56 Å². The van der Waals surface area contributed by atoms with Gasteiger partial charge in [-0.15, -0.1) is 0 Å². The number of carbonyl (C=O) groups is 2. The average Bonchev–Trinajstić information content (AvgIpc) is 2.39. The fourth-order valence-corrected chi connectivity index (χ4v) is 1.54. The van der Waals surface area contributed by atoms with Gasteiger partial charge in [-0.3, -0.25) is 4.79 Å². The van der Waals surface area contributed by atoms with Gasteiger partial charge in [0, 0.05) is 0 Å². The molecular formula is C12H12F3NO4. The Kier molecular flexibility index (Phi) is 4.95. The van der Waals surface area contributed by atoms with Gasteiger partial charge in [-0.05, 0) is 12.5 Å². The summed E-state index contributed by atoms with van der Waals surface area (Å²) in [4.78, 5) is 22.5.